The highest BCUT2D eigenvalue weighted by atomic mass is 32.2. The number of carbonyl (C=O) groups excluding carboxylic acids is 2. The molecule has 4 aromatic rings. The Labute approximate surface area is 306 Å². The summed E-state index contributed by atoms with van der Waals surface area (Å²) in [5.74, 6) is -0.179. The van der Waals surface area contributed by atoms with Crippen LogP contribution in [0.1, 0.15) is 53.7 Å². The molecule has 0 fully saturated rings. The van der Waals surface area contributed by atoms with Gasteiger partial charge < -0.3 is 32.1 Å². The van der Waals surface area contributed by atoms with Gasteiger partial charge in [0.15, 0.2) is 0 Å². The molecule has 0 aliphatic carbocycles. The van der Waals surface area contributed by atoms with Crippen LogP contribution >= 0.6 is 11.8 Å². The fourth-order valence-corrected chi connectivity index (χ4v) is 6.52. The van der Waals surface area contributed by atoms with E-state index in [4.69, 9.17) is 5.73 Å². The number of nitrogens with two attached hydrogens (primary N) is 1. The Morgan fingerprint density at radius 2 is 1.43 bits per heavy atom. The highest BCUT2D eigenvalue weighted by molar-refractivity contribution is 7.98. The smallest absolute Gasteiger partial charge is 0.320 e. The topological polar surface area (TPSA) is 146 Å². The minimum absolute atomic E-state index is 0.0860. The summed E-state index contributed by atoms with van der Waals surface area (Å²) < 4.78 is 0. The summed E-state index contributed by atoms with van der Waals surface area (Å²) in [4.78, 5) is 38.4. The van der Waals surface area contributed by atoms with Crippen LogP contribution in [0, 0.1) is 5.92 Å². The van der Waals surface area contributed by atoms with Crippen LogP contribution in [-0.2, 0) is 29.0 Å². The summed E-state index contributed by atoms with van der Waals surface area (Å²) in [6.45, 7) is 5.13. The largest absolute Gasteiger partial charge is 0.480 e. The van der Waals surface area contributed by atoms with Gasteiger partial charge >= 0.3 is 5.97 Å². The molecule has 0 aliphatic heterocycles. The molecular weight excluding hydrogens is 659 g/mol. The Bertz CT molecular complexity index is 1680. The molecule has 2 amide bonds. The second kappa shape index (κ2) is 20.6. The predicted octanol–water partition coefficient (Wildman–Crippen LogP) is 5.17. The van der Waals surface area contributed by atoms with Gasteiger partial charge in [0, 0.05) is 37.3 Å². The number of carboxylic acid groups (broad SMARTS) is 1. The molecule has 4 unspecified atom stereocenters. The van der Waals surface area contributed by atoms with Crippen LogP contribution in [-0.4, -0.2) is 72.2 Å². The van der Waals surface area contributed by atoms with Crippen LogP contribution in [0.15, 0.2) is 97.1 Å². The van der Waals surface area contributed by atoms with Crippen molar-refractivity contribution in [3.8, 4) is 0 Å². The second-order valence-electron chi connectivity index (χ2n) is 13.6. The van der Waals surface area contributed by atoms with Gasteiger partial charge in [-0.05, 0) is 83.2 Å². The molecule has 0 saturated carbocycles. The Balaban J connectivity index is 1.30. The molecule has 4 atom stereocenters. The third kappa shape index (κ3) is 13.4. The number of rotatable bonds is 21. The van der Waals surface area contributed by atoms with Crippen molar-refractivity contribution in [3.63, 3.8) is 0 Å². The molecule has 4 aromatic carbocycles. The normalized spacial score (nSPS) is 13.7. The molecule has 0 spiro atoms. The number of carbonyl (C=O) groups is 3. The minimum Gasteiger partial charge on any atom is -0.480 e. The third-order valence-corrected chi connectivity index (χ3v) is 9.47. The molecule has 0 radical (unpaired) electrons. The molecule has 4 rings (SSSR count). The van der Waals surface area contributed by atoms with Crippen molar-refractivity contribution in [2.24, 2.45) is 11.7 Å². The Morgan fingerprint density at radius 1 is 0.765 bits per heavy atom. The predicted molar refractivity (Wildman–Crippen MR) is 209 cm³/mol. The van der Waals surface area contributed by atoms with Gasteiger partial charge in [-0.15, -0.1) is 0 Å². The molecule has 0 saturated heterocycles. The average Bonchev–Trinajstić information content (AvgIpc) is 3.12. The standard InChI is InChI=1S/C41H53N5O4S/c1-28(2)21-38(41(49)50)44-27-36(24-29-9-5-4-6-10-29)46-39(47)33-17-13-30(14-18-33)25-45-40(48)37(19-20-51-3)43-26-35(42)23-31-15-16-32-11-7-8-12-34(32)22-31/h4-18,22,28,35-38,43-44H,19-21,23-27,42H2,1-3H3,(H,45,48)(H,46,47)(H,49,50). The first-order valence-corrected chi connectivity index (χ1v) is 19.1. The number of aliphatic carboxylic acids is 1. The summed E-state index contributed by atoms with van der Waals surface area (Å²) >= 11 is 1.70. The summed E-state index contributed by atoms with van der Waals surface area (Å²) in [5, 5.41) is 24.8. The Kier molecular flexibility index (Phi) is 16.0. The minimum atomic E-state index is -0.900. The van der Waals surface area contributed by atoms with Crippen molar-refractivity contribution < 1.29 is 19.5 Å². The van der Waals surface area contributed by atoms with E-state index >= 15 is 0 Å². The number of hydrogen-bond acceptors (Lipinski definition) is 7. The average molecular weight is 712 g/mol. The van der Waals surface area contributed by atoms with Gasteiger partial charge in [-0.25, -0.2) is 0 Å². The highest BCUT2D eigenvalue weighted by Crippen LogP contribution is 2.17. The van der Waals surface area contributed by atoms with Crippen molar-refractivity contribution in [3.05, 3.63) is 119 Å². The highest BCUT2D eigenvalue weighted by Gasteiger charge is 2.22. The molecule has 9 nitrogen and oxygen atoms in total. The molecule has 10 heteroatoms. The first-order valence-electron chi connectivity index (χ1n) is 17.7. The van der Waals surface area contributed by atoms with Crippen LogP contribution in [0.2, 0.25) is 0 Å². The molecule has 0 heterocycles. The first kappa shape index (κ1) is 39.6. The molecule has 51 heavy (non-hydrogen) atoms. The monoisotopic (exact) mass is 711 g/mol. The van der Waals surface area contributed by atoms with E-state index in [-0.39, 0.29) is 35.9 Å². The van der Waals surface area contributed by atoms with Gasteiger partial charge in [0.2, 0.25) is 5.91 Å². The SMILES string of the molecule is CSCCC(NCC(N)Cc1ccc2ccccc2c1)C(=O)NCc1ccc(C(=O)NC(CNC(CC(C)C)C(=O)O)Cc2ccccc2)cc1. The van der Waals surface area contributed by atoms with E-state index in [0.29, 0.717) is 50.9 Å². The molecular formula is C41H53N5O4S. The van der Waals surface area contributed by atoms with Crippen molar-refractivity contribution in [1.29, 1.82) is 0 Å². The van der Waals surface area contributed by atoms with Crippen LogP contribution in [0.5, 0.6) is 0 Å². The zero-order valence-electron chi connectivity index (χ0n) is 29.9. The third-order valence-electron chi connectivity index (χ3n) is 8.82. The van der Waals surface area contributed by atoms with E-state index < -0.39 is 12.0 Å². The Hall–Kier alpha value is -4.22. The molecule has 0 aromatic heterocycles. The summed E-state index contributed by atoms with van der Waals surface area (Å²) in [5.41, 5.74) is 10.1. The molecule has 272 valence electrons. The van der Waals surface area contributed by atoms with E-state index in [9.17, 15) is 19.5 Å². The van der Waals surface area contributed by atoms with Crippen molar-refractivity contribution in [2.45, 2.75) is 70.2 Å². The van der Waals surface area contributed by atoms with E-state index in [1.54, 1.807) is 23.9 Å². The number of carboxylic acids is 1. The lowest BCUT2D eigenvalue weighted by molar-refractivity contribution is -0.140. The zero-order valence-corrected chi connectivity index (χ0v) is 30.8. The van der Waals surface area contributed by atoms with Crippen LogP contribution in [0.4, 0.5) is 0 Å². The van der Waals surface area contributed by atoms with Gasteiger partial charge in [-0.3, -0.25) is 14.4 Å². The number of amides is 2. The van der Waals surface area contributed by atoms with Crippen molar-refractivity contribution >= 4 is 40.3 Å². The summed E-state index contributed by atoms with van der Waals surface area (Å²) in [6, 6.07) is 30.1. The first-order chi connectivity index (χ1) is 24.6. The fraction of sp³-hybridized carbons (Fsp3) is 0.390. The van der Waals surface area contributed by atoms with Crippen LogP contribution in [0.25, 0.3) is 10.8 Å². The van der Waals surface area contributed by atoms with Crippen LogP contribution in [0.3, 0.4) is 0 Å². The van der Waals surface area contributed by atoms with Gasteiger partial charge in [-0.1, -0.05) is 98.8 Å². The van der Waals surface area contributed by atoms with Gasteiger partial charge in [0.25, 0.3) is 5.91 Å². The van der Waals surface area contributed by atoms with Gasteiger partial charge in [0.1, 0.15) is 6.04 Å². The quantitative estimate of drug-likeness (QED) is 0.0695. The van der Waals surface area contributed by atoms with Gasteiger partial charge in [-0.2, -0.15) is 11.8 Å². The van der Waals surface area contributed by atoms with Gasteiger partial charge in [0.05, 0.1) is 6.04 Å². The second-order valence-corrected chi connectivity index (χ2v) is 14.6. The number of fused-ring (bicyclic) bond motifs is 1. The maximum Gasteiger partial charge on any atom is 0.320 e. The zero-order chi connectivity index (χ0) is 36.6. The molecule has 7 N–H and O–H groups in total. The number of thioether (sulfide) groups is 1. The lowest BCUT2D eigenvalue weighted by atomic mass is 10.0. The van der Waals surface area contributed by atoms with Crippen molar-refractivity contribution in [2.75, 3.05) is 25.1 Å². The van der Waals surface area contributed by atoms with Crippen LogP contribution < -0.4 is 27.0 Å². The fourth-order valence-electron chi connectivity index (χ4n) is 6.05. The number of nitrogens with one attached hydrogen (secondary N) is 4. The van der Waals surface area contributed by atoms with E-state index in [1.165, 1.54) is 16.3 Å². The molecule has 0 aliphatic rings. The van der Waals surface area contributed by atoms with Crippen molar-refractivity contribution in [1.82, 2.24) is 21.3 Å². The number of hydrogen-bond donors (Lipinski definition) is 6. The van der Waals surface area contributed by atoms with E-state index in [0.717, 1.165) is 16.9 Å². The summed E-state index contributed by atoms with van der Waals surface area (Å²) in [7, 11) is 0. The maximum absolute atomic E-state index is 13.3. The molecule has 0 bridgehead atoms. The van der Waals surface area contributed by atoms with E-state index in [2.05, 4.69) is 51.6 Å². The Morgan fingerprint density at radius 3 is 2.12 bits per heavy atom. The maximum atomic E-state index is 13.3. The summed E-state index contributed by atoms with van der Waals surface area (Å²) in [6.07, 6.45) is 4.46. The lowest BCUT2D eigenvalue weighted by Gasteiger charge is -2.23. The number of benzene rings is 4. The van der Waals surface area contributed by atoms with E-state index in [1.807, 2.05) is 74.7 Å². The lowest BCUT2D eigenvalue weighted by Crippen LogP contribution is -2.48.